The topological polar surface area (TPSA) is 66.9 Å². The van der Waals surface area contributed by atoms with Gasteiger partial charge in [-0.1, -0.05) is 12.1 Å². The molecule has 2 heterocycles. The number of halogens is 1. The molecule has 0 saturated carbocycles. The van der Waals surface area contributed by atoms with Crippen molar-refractivity contribution < 1.29 is 9.18 Å². The summed E-state index contributed by atoms with van der Waals surface area (Å²) in [5, 5.41) is 8.82. The van der Waals surface area contributed by atoms with E-state index in [-0.39, 0.29) is 11.7 Å². The van der Waals surface area contributed by atoms with Crippen molar-refractivity contribution in [3.8, 4) is 11.3 Å². The zero-order chi connectivity index (χ0) is 20.8. The predicted molar refractivity (Wildman–Crippen MR) is 119 cm³/mol. The summed E-state index contributed by atoms with van der Waals surface area (Å²) in [7, 11) is 0. The summed E-state index contributed by atoms with van der Waals surface area (Å²) in [5.74, 6) is -0.571. The normalized spacial score (nSPS) is 10.8. The van der Waals surface area contributed by atoms with Crippen molar-refractivity contribution in [1.29, 1.82) is 0 Å². The Bertz CT molecular complexity index is 1160. The lowest BCUT2D eigenvalue weighted by molar-refractivity contribution is -0.111. The molecule has 4 rings (SSSR count). The maximum absolute atomic E-state index is 12.9. The molecule has 0 fully saturated rings. The van der Waals surface area contributed by atoms with E-state index in [1.165, 1.54) is 29.5 Å². The van der Waals surface area contributed by atoms with Crippen LogP contribution in [0.2, 0.25) is 0 Å². The van der Waals surface area contributed by atoms with Gasteiger partial charge < -0.3 is 10.6 Å². The first-order valence-corrected chi connectivity index (χ1v) is 10.0. The summed E-state index contributed by atoms with van der Waals surface area (Å²) in [6.45, 7) is 0. The number of nitrogens with zero attached hydrogens (tertiary/aromatic N) is 2. The van der Waals surface area contributed by atoms with Gasteiger partial charge in [-0.2, -0.15) is 0 Å². The Labute approximate surface area is 177 Å². The molecule has 0 saturated heterocycles. The zero-order valence-corrected chi connectivity index (χ0v) is 16.6. The Morgan fingerprint density at radius 3 is 2.37 bits per heavy atom. The average Bonchev–Trinajstić information content (AvgIpc) is 3.24. The monoisotopic (exact) mass is 416 g/mol. The molecule has 0 unspecified atom stereocenters. The van der Waals surface area contributed by atoms with Crippen LogP contribution >= 0.6 is 11.3 Å². The molecular weight excluding hydrogens is 399 g/mol. The fourth-order valence-electron chi connectivity index (χ4n) is 2.68. The first-order chi connectivity index (χ1) is 14.7. The molecule has 7 heteroatoms. The lowest BCUT2D eigenvalue weighted by atomic mass is 10.2. The molecule has 0 aliphatic rings. The van der Waals surface area contributed by atoms with Crippen LogP contribution in [0.3, 0.4) is 0 Å². The molecule has 5 nitrogen and oxygen atoms in total. The van der Waals surface area contributed by atoms with Crippen molar-refractivity contribution in [1.82, 2.24) is 9.97 Å². The summed E-state index contributed by atoms with van der Waals surface area (Å²) in [4.78, 5) is 20.7. The molecule has 4 aromatic rings. The van der Waals surface area contributed by atoms with E-state index in [2.05, 4.69) is 20.6 Å². The van der Waals surface area contributed by atoms with Crippen LogP contribution < -0.4 is 10.6 Å². The number of amides is 1. The quantitative estimate of drug-likeness (QED) is 0.393. The van der Waals surface area contributed by atoms with Crippen LogP contribution in [-0.4, -0.2) is 15.9 Å². The second-order valence-corrected chi connectivity index (χ2v) is 7.21. The van der Waals surface area contributed by atoms with E-state index in [1.54, 1.807) is 30.6 Å². The zero-order valence-electron chi connectivity index (χ0n) is 15.7. The molecular formula is C23H17FN4OS. The number of thiazole rings is 1. The summed E-state index contributed by atoms with van der Waals surface area (Å²) >= 11 is 1.51. The first-order valence-electron chi connectivity index (χ1n) is 9.13. The Kier molecular flexibility index (Phi) is 5.91. The number of rotatable bonds is 6. The average molecular weight is 416 g/mol. The van der Waals surface area contributed by atoms with Gasteiger partial charge in [0.25, 0.3) is 0 Å². The van der Waals surface area contributed by atoms with Crippen LogP contribution in [0.25, 0.3) is 17.3 Å². The number of anilines is 3. The number of pyridine rings is 1. The van der Waals surface area contributed by atoms with Crippen LogP contribution in [0.4, 0.5) is 20.9 Å². The van der Waals surface area contributed by atoms with Crippen LogP contribution in [-0.2, 0) is 4.79 Å². The molecule has 2 N–H and O–H groups in total. The maximum atomic E-state index is 12.9. The van der Waals surface area contributed by atoms with E-state index < -0.39 is 0 Å². The van der Waals surface area contributed by atoms with Crippen LogP contribution in [0.5, 0.6) is 0 Å². The van der Waals surface area contributed by atoms with Crippen molar-refractivity contribution in [3.05, 3.63) is 95.9 Å². The van der Waals surface area contributed by atoms with Gasteiger partial charge in [-0.25, -0.2) is 9.37 Å². The van der Waals surface area contributed by atoms with Gasteiger partial charge in [0.15, 0.2) is 5.13 Å². The van der Waals surface area contributed by atoms with Crippen molar-refractivity contribution >= 4 is 39.8 Å². The third-order valence-corrected chi connectivity index (χ3v) is 4.94. The van der Waals surface area contributed by atoms with Gasteiger partial charge >= 0.3 is 0 Å². The van der Waals surface area contributed by atoms with Gasteiger partial charge in [0.2, 0.25) is 5.91 Å². The van der Waals surface area contributed by atoms with Gasteiger partial charge in [-0.3, -0.25) is 9.78 Å². The van der Waals surface area contributed by atoms with Crippen LogP contribution in [0.1, 0.15) is 5.56 Å². The van der Waals surface area contributed by atoms with Crippen LogP contribution in [0.15, 0.2) is 84.5 Å². The van der Waals surface area contributed by atoms with Gasteiger partial charge in [0, 0.05) is 40.8 Å². The Hall–Kier alpha value is -3.84. The third-order valence-electron chi connectivity index (χ3n) is 4.18. The predicted octanol–water partition coefficient (Wildman–Crippen LogP) is 5.74. The summed E-state index contributed by atoms with van der Waals surface area (Å²) in [6, 6.07) is 17.1. The highest BCUT2D eigenvalue weighted by Gasteiger charge is 2.05. The number of carbonyl (C=O) groups is 1. The van der Waals surface area contributed by atoms with E-state index in [1.807, 2.05) is 41.8 Å². The van der Waals surface area contributed by atoms with E-state index in [0.29, 0.717) is 5.69 Å². The molecule has 0 aliphatic heterocycles. The highest BCUT2D eigenvalue weighted by molar-refractivity contribution is 7.14. The Balaban J connectivity index is 1.34. The van der Waals surface area contributed by atoms with Gasteiger partial charge in [-0.05, 0) is 60.2 Å². The molecule has 0 spiro atoms. The van der Waals surface area contributed by atoms with Crippen molar-refractivity contribution in [3.63, 3.8) is 0 Å². The number of aromatic nitrogens is 2. The van der Waals surface area contributed by atoms with Crippen molar-refractivity contribution in [2.75, 3.05) is 10.6 Å². The first kappa shape index (κ1) is 19.5. The SMILES string of the molecule is O=C(/C=C/c1ccc(F)cc1)Nc1ccc(Nc2nc(-c3ccncc3)cs2)cc1. The lowest BCUT2D eigenvalue weighted by Gasteiger charge is -2.05. The minimum atomic E-state index is -0.309. The number of nitrogens with one attached hydrogen (secondary N) is 2. The van der Waals surface area contributed by atoms with E-state index in [0.717, 1.165) is 27.6 Å². The van der Waals surface area contributed by atoms with Crippen molar-refractivity contribution in [2.45, 2.75) is 0 Å². The van der Waals surface area contributed by atoms with E-state index >= 15 is 0 Å². The highest BCUT2D eigenvalue weighted by Crippen LogP contribution is 2.27. The standard InChI is InChI=1S/C23H17FN4OS/c24-18-4-1-16(2-5-18)3-10-22(29)26-19-6-8-20(9-7-19)27-23-28-21(15-30-23)17-11-13-25-14-12-17/h1-15H,(H,26,29)(H,27,28)/b10-3+. The minimum absolute atomic E-state index is 0.262. The third kappa shape index (κ3) is 5.15. The molecule has 0 bridgehead atoms. The van der Waals surface area contributed by atoms with Crippen molar-refractivity contribution in [2.24, 2.45) is 0 Å². The molecule has 0 radical (unpaired) electrons. The number of carbonyl (C=O) groups excluding carboxylic acids is 1. The fraction of sp³-hybridized carbons (Fsp3) is 0. The highest BCUT2D eigenvalue weighted by atomic mass is 32.1. The Morgan fingerprint density at radius 1 is 0.933 bits per heavy atom. The largest absolute Gasteiger partial charge is 0.332 e. The number of benzene rings is 2. The lowest BCUT2D eigenvalue weighted by Crippen LogP contribution is -2.07. The second kappa shape index (κ2) is 9.11. The second-order valence-electron chi connectivity index (χ2n) is 6.35. The van der Waals surface area contributed by atoms with Gasteiger partial charge in [0.05, 0.1) is 5.69 Å². The molecule has 0 aliphatic carbocycles. The smallest absolute Gasteiger partial charge is 0.248 e. The van der Waals surface area contributed by atoms with E-state index in [4.69, 9.17) is 0 Å². The maximum Gasteiger partial charge on any atom is 0.248 e. The molecule has 2 aromatic carbocycles. The summed E-state index contributed by atoms with van der Waals surface area (Å²) in [5.41, 5.74) is 4.19. The van der Waals surface area contributed by atoms with Gasteiger partial charge in [-0.15, -0.1) is 11.3 Å². The molecule has 0 atom stereocenters. The summed E-state index contributed by atoms with van der Waals surface area (Å²) < 4.78 is 12.9. The number of hydrogen-bond donors (Lipinski definition) is 2. The van der Waals surface area contributed by atoms with Crippen LogP contribution in [0, 0.1) is 5.82 Å². The minimum Gasteiger partial charge on any atom is -0.332 e. The Morgan fingerprint density at radius 2 is 1.63 bits per heavy atom. The fourth-order valence-corrected chi connectivity index (χ4v) is 3.42. The number of hydrogen-bond acceptors (Lipinski definition) is 5. The summed E-state index contributed by atoms with van der Waals surface area (Å²) in [6.07, 6.45) is 6.52. The molecule has 30 heavy (non-hydrogen) atoms. The molecule has 1 amide bonds. The molecule has 148 valence electrons. The molecule has 2 aromatic heterocycles. The van der Waals surface area contributed by atoms with Gasteiger partial charge in [0.1, 0.15) is 5.82 Å². The van der Waals surface area contributed by atoms with E-state index in [9.17, 15) is 9.18 Å².